The molecule has 0 atom stereocenters. The lowest BCUT2D eigenvalue weighted by Gasteiger charge is -2.20. The van der Waals surface area contributed by atoms with Gasteiger partial charge in [-0.05, 0) is 54.1 Å². The first-order valence-electron chi connectivity index (χ1n) is 9.43. The molecule has 7 nitrogen and oxygen atoms in total. The van der Waals surface area contributed by atoms with Crippen LogP contribution in [-0.2, 0) is 16.6 Å². The Kier molecular flexibility index (Phi) is 6.82. The summed E-state index contributed by atoms with van der Waals surface area (Å²) in [4.78, 5) is 18.8. The number of benzene rings is 2. The van der Waals surface area contributed by atoms with E-state index in [9.17, 15) is 13.2 Å². The number of anilines is 2. The highest BCUT2D eigenvalue weighted by Gasteiger charge is 2.22. The number of amides is 1. The molecule has 31 heavy (non-hydrogen) atoms. The van der Waals surface area contributed by atoms with Crippen LogP contribution in [0.4, 0.5) is 11.5 Å². The number of sulfonamides is 1. The van der Waals surface area contributed by atoms with E-state index in [1.54, 1.807) is 42.6 Å². The van der Waals surface area contributed by atoms with Gasteiger partial charge in [0.25, 0.3) is 15.9 Å². The molecule has 0 spiro atoms. The van der Waals surface area contributed by atoms with Crippen molar-refractivity contribution < 1.29 is 13.2 Å². The second-order valence-corrected chi connectivity index (χ2v) is 9.49. The van der Waals surface area contributed by atoms with E-state index in [-0.39, 0.29) is 16.4 Å². The third-order valence-corrected chi connectivity index (χ3v) is 6.66. The zero-order chi connectivity index (χ0) is 22.6. The molecule has 0 unspecified atom stereocenters. The zero-order valence-corrected chi connectivity index (χ0v) is 19.0. The van der Waals surface area contributed by atoms with Crippen molar-refractivity contribution in [2.24, 2.45) is 0 Å². The van der Waals surface area contributed by atoms with Crippen LogP contribution < -0.4 is 14.5 Å². The third kappa shape index (κ3) is 5.34. The minimum absolute atomic E-state index is 0.0152. The fourth-order valence-electron chi connectivity index (χ4n) is 2.87. The van der Waals surface area contributed by atoms with Crippen LogP contribution in [0.5, 0.6) is 0 Å². The van der Waals surface area contributed by atoms with Crippen LogP contribution in [0.15, 0.2) is 71.8 Å². The average Bonchev–Trinajstić information content (AvgIpc) is 2.77. The number of nitrogens with zero attached hydrogens (tertiary/aromatic N) is 3. The van der Waals surface area contributed by atoms with Crippen LogP contribution in [0.2, 0.25) is 5.02 Å². The quantitative estimate of drug-likeness (QED) is 0.585. The van der Waals surface area contributed by atoms with E-state index in [0.717, 1.165) is 15.7 Å². The molecule has 9 heteroatoms. The fourth-order valence-corrected chi connectivity index (χ4v) is 4.28. The van der Waals surface area contributed by atoms with E-state index >= 15 is 0 Å². The number of carbonyl (C=O) groups is 1. The van der Waals surface area contributed by atoms with E-state index in [1.807, 2.05) is 31.1 Å². The summed E-state index contributed by atoms with van der Waals surface area (Å²) in [5.41, 5.74) is 1.57. The van der Waals surface area contributed by atoms with E-state index in [2.05, 4.69) is 10.3 Å². The molecule has 0 fully saturated rings. The SMILES string of the molecule is CN(C)c1cc(CNC(=O)c2cccc(S(=O)(=O)N(C)c3cccc(Cl)c3)c2)ccn1. The maximum absolute atomic E-state index is 13.0. The van der Waals surface area contributed by atoms with Gasteiger partial charge in [0.15, 0.2) is 0 Å². The van der Waals surface area contributed by atoms with E-state index < -0.39 is 10.0 Å². The molecule has 0 bridgehead atoms. The van der Waals surface area contributed by atoms with Gasteiger partial charge in [-0.3, -0.25) is 9.10 Å². The number of aromatic nitrogens is 1. The van der Waals surface area contributed by atoms with Gasteiger partial charge in [-0.25, -0.2) is 13.4 Å². The van der Waals surface area contributed by atoms with E-state index in [1.165, 1.54) is 19.2 Å². The number of halogens is 1. The number of hydrogen-bond donors (Lipinski definition) is 1. The Morgan fingerprint density at radius 2 is 1.77 bits per heavy atom. The summed E-state index contributed by atoms with van der Waals surface area (Å²) in [5.74, 6) is 0.412. The second-order valence-electron chi connectivity index (χ2n) is 7.08. The van der Waals surface area contributed by atoms with Gasteiger partial charge in [0.2, 0.25) is 0 Å². The van der Waals surface area contributed by atoms with Crippen LogP contribution in [0.1, 0.15) is 15.9 Å². The van der Waals surface area contributed by atoms with E-state index in [0.29, 0.717) is 17.3 Å². The molecule has 162 valence electrons. The summed E-state index contributed by atoms with van der Waals surface area (Å²) in [7, 11) is 1.35. The maximum atomic E-state index is 13.0. The predicted molar refractivity (Wildman–Crippen MR) is 123 cm³/mol. The van der Waals surface area contributed by atoms with Crippen molar-refractivity contribution in [1.29, 1.82) is 0 Å². The average molecular weight is 459 g/mol. The molecular weight excluding hydrogens is 436 g/mol. The third-order valence-electron chi connectivity index (χ3n) is 4.65. The summed E-state index contributed by atoms with van der Waals surface area (Å²) < 4.78 is 27.2. The number of carbonyl (C=O) groups excluding carboxylic acids is 1. The largest absolute Gasteiger partial charge is 0.363 e. The molecule has 3 rings (SSSR count). The Morgan fingerprint density at radius 1 is 1.03 bits per heavy atom. The van der Waals surface area contributed by atoms with Crippen LogP contribution in [-0.4, -0.2) is 40.5 Å². The molecule has 0 aliphatic heterocycles. The predicted octanol–water partition coefficient (Wildman–Crippen LogP) is 3.56. The summed E-state index contributed by atoms with van der Waals surface area (Å²) in [6, 6.07) is 16.2. The van der Waals surface area contributed by atoms with Gasteiger partial charge in [-0.2, -0.15) is 0 Å². The van der Waals surface area contributed by atoms with E-state index in [4.69, 9.17) is 11.6 Å². The Hall–Kier alpha value is -3.10. The van der Waals surface area contributed by atoms with Gasteiger partial charge in [0, 0.05) is 44.5 Å². The monoisotopic (exact) mass is 458 g/mol. The molecule has 1 N–H and O–H groups in total. The Labute approximate surface area is 187 Å². The first-order chi connectivity index (χ1) is 14.7. The Bertz CT molecular complexity index is 1200. The van der Waals surface area contributed by atoms with Crippen molar-refractivity contribution in [2.45, 2.75) is 11.4 Å². The standard InChI is InChI=1S/C22H23ClN4O3S/c1-26(2)21-12-16(10-11-24-21)15-25-22(28)17-6-4-9-20(13-17)31(29,30)27(3)19-8-5-7-18(23)14-19/h4-14H,15H2,1-3H3,(H,25,28). The van der Waals surface area contributed by atoms with Gasteiger partial charge in [-0.1, -0.05) is 23.7 Å². The summed E-state index contributed by atoms with van der Waals surface area (Å²) in [5, 5.41) is 3.25. The van der Waals surface area contributed by atoms with Gasteiger partial charge >= 0.3 is 0 Å². The molecule has 1 heterocycles. The smallest absolute Gasteiger partial charge is 0.264 e. The number of pyridine rings is 1. The lowest BCUT2D eigenvalue weighted by atomic mass is 10.2. The highest BCUT2D eigenvalue weighted by Crippen LogP contribution is 2.25. The maximum Gasteiger partial charge on any atom is 0.264 e. The van der Waals surface area contributed by atoms with Crippen LogP contribution in [0.3, 0.4) is 0 Å². The highest BCUT2D eigenvalue weighted by atomic mass is 35.5. The van der Waals surface area contributed by atoms with Crippen molar-refractivity contribution in [1.82, 2.24) is 10.3 Å². The normalized spacial score (nSPS) is 11.1. The molecule has 0 aliphatic rings. The number of hydrogen-bond acceptors (Lipinski definition) is 5. The van der Waals surface area contributed by atoms with Crippen molar-refractivity contribution in [3.63, 3.8) is 0 Å². The summed E-state index contributed by atoms with van der Waals surface area (Å²) >= 11 is 5.98. The molecule has 3 aromatic rings. The van der Waals surface area contributed by atoms with Gasteiger partial charge in [0.1, 0.15) is 5.82 Å². The summed E-state index contributed by atoms with van der Waals surface area (Å²) in [6.07, 6.45) is 1.68. The Morgan fingerprint density at radius 3 is 2.48 bits per heavy atom. The highest BCUT2D eigenvalue weighted by molar-refractivity contribution is 7.92. The first-order valence-corrected chi connectivity index (χ1v) is 11.3. The minimum Gasteiger partial charge on any atom is -0.363 e. The number of nitrogens with one attached hydrogen (secondary N) is 1. The molecule has 0 radical (unpaired) electrons. The van der Waals surface area contributed by atoms with Crippen LogP contribution in [0, 0.1) is 0 Å². The lowest BCUT2D eigenvalue weighted by molar-refractivity contribution is 0.0950. The van der Waals surface area contributed by atoms with Crippen molar-refractivity contribution in [2.75, 3.05) is 30.3 Å². The number of rotatable bonds is 7. The van der Waals surface area contributed by atoms with Crippen LogP contribution >= 0.6 is 11.6 Å². The summed E-state index contributed by atoms with van der Waals surface area (Å²) in [6.45, 7) is 0.293. The fraction of sp³-hybridized carbons (Fsp3) is 0.182. The molecule has 0 saturated heterocycles. The molecular formula is C22H23ClN4O3S. The zero-order valence-electron chi connectivity index (χ0n) is 17.4. The first kappa shape index (κ1) is 22.6. The molecule has 0 saturated carbocycles. The van der Waals surface area contributed by atoms with Gasteiger partial charge in [0.05, 0.1) is 10.6 Å². The van der Waals surface area contributed by atoms with Gasteiger partial charge in [-0.15, -0.1) is 0 Å². The van der Waals surface area contributed by atoms with Crippen molar-refractivity contribution in [3.05, 3.63) is 83.0 Å². The van der Waals surface area contributed by atoms with Crippen LogP contribution in [0.25, 0.3) is 0 Å². The molecule has 1 aromatic heterocycles. The lowest BCUT2D eigenvalue weighted by Crippen LogP contribution is -2.27. The molecule has 2 aromatic carbocycles. The van der Waals surface area contributed by atoms with Crippen molar-refractivity contribution >= 4 is 39.0 Å². The Balaban J connectivity index is 1.77. The molecule has 1 amide bonds. The van der Waals surface area contributed by atoms with Crippen molar-refractivity contribution in [3.8, 4) is 0 Å². The topological polar surface area (TPSA) is 82.6 Å². The van der Waals surface area contributed by atoms with Gasteiger partial charge < -0.3 is 10.2 Å². The minimum atomic E-state index is -3.87. The molecule has 0 aliphatic carbocycles. The second kappa shape index (κ2) is 9.36.